The van der Waals surface area contributed by atoms with E-state index in [2.05, 4.69) is 23.1 Å². The summed E-state index contributed by atoms with van der Waals surface area (Å²) in [6.07, 6.45) is 6.33. The second-order valence-electron chi connectivity index (χ2n) is 6.90. The fourth-order valence-corrected chi connectivity index (χ4v) is 4.79. The van der Waals surface area contributed by atoms with Crippen LogP contribution in [0.15, 0.2) is 30.6 Å². The van der Waals surface area contributed by atoms with E-state index in [-0.39, 0.29) is 0 Å². The van der Waals surface area contributed by atoms with Crippen LogP contribution in [0.1, 0.15) is 25.3 Å². The minimum absolute atomic E-state index is 0.291. The first-order valence-electron chi connectivity index (χ1n) is 9.07. The summed E-state index contributed by atoms with van der Waals surface area (Å²) in [6.45, 7) is 4.00. The highest BCUT2D eigenvalue weighted by molar-refractivity contribution is 7.86. The number of hydrogen-bond donors (Lipinski definition) is 0. The van der Waals surface area contributed by atoms with Crippen LogP contribution in [0.3, 0.4) is 0 Å². The number of nitrogens with zero attached hydrogens (tertiary/aromatic N) is 5. The molecule has 8 heteroatoms. The molecule has 3 heterocycles. The van der Waals surface area contributed by atoms with Gasteiger partial charge in [0.1, 0.15) is 0 Å². The molecule has 1 fully saturated rings. The second kappa shape index (κ2) is 7.85. The van der Waals surface area contributed by atoms with Crippen LogP contribution in [0, 0.1) is 5.92 Å². The largest absolute Gasteiger partial charge is 0.281 e. The first-order chi connectivity index (χ1) is 12.4. The van der Waals surface area contributed by atoms with Crippen molar-refractivity contribution in [3.8, 4) is 11.4 Å². The predicted octanol–water partition coefficient (Wildman–Crippen LogP) is 2.03. The molecule has 1 saturated heterocycles. The Balaban J connectivity index is 1.82. The van der Waals surface area contributed by atoms with Gasteiger partial charge in [0.05, 0.1) is 11.4 Å². The number of piperidine rings is 1. The van der Waals surface area contributed by atoms with Crippen LogP contribution in [0.25, 0.3) is 11.4 Å². The van der Waals surface area contributed by atoms with Crippen LogP contribution >= 0.6 is 0 Å². The average Bonchev–Trinajstić information content (AvgIpc) is 3.11. The van der Waals surface area contributed by atoms with Gasteiger partial charge in [0.25, 0.3) is 10.2 Å². The SMILES string of the molecule is CCn1nccc1-c1ncccc1CC1CCCN(S(=O)(=O)N(C)C)C1. The summed E-state index contributed by atoms with van der Waals surface area (Å²) in [5.41, 5.74) is 3.10. The van der Waals surface area contributed by atoms with E-state index in [0.717, 1.165) is 42.8 Å². The van der Waals surface area contributed by atoms with E-state index >= 15 is 0 Å². The molecule has 3 rings (SSSR count). The number of pyridine rings is 1. The summed E-state index contributed by atoms with van der Waals surface area (Å²) in [4.78, 5) is 4.59. The van der Waals surface area contributed by atoms with Crippen molar-refractivity contribution in [1.82, 2.24) is 23.4 Å². The quantitative estimate of drug-likeness (QED) is 0.772. The fraction of sp³-hybridized carbons (Fsp3) is 0.556. The molecule has 1 atom stereocenters. The Kier molecular flexibility index (Phi) is 5.74. The Hall–Kier alpha value is -1.77. The molecule has 0 saturated carbocycles. The van der Waals surface area contributed by atoms with Crippen molar-refractivity contribution < 1.29 is 8.42 Å². The molecule has 0 bridgehead atoms. The van der Waals surface area contributed by atoms with Crippen molar-refractivity contribution in [2.75, 3.05) is 27.2 Å². The molecule has 26 heavy (non-hydrogen) atoms. The summed E-state index contributed by atoms with van der Waals surface area (Å²) in [5, 5.41) is 4.35. The molecule has 0 amide bonds. The van der Waals surface area contributed by atoms with E-state index in [1.165, 1.54) is 4.31 Å². The van der Waals surface area contributed by atoms with E-state index in [0.29, 0.717) is 19.0 Å². The number of aromatic nitrogens is 3. The van der Waals surface area contributed by atoms with Crippen LogP contribution < -0.4 is 0 Å². The second-order valence-corrected chi connectivity index (χ2v) is 9.05. The van der Waals surface area contributed by atoms with Gasteiger partial charge in [-0.05, 0) is 49.8 Å². The molecule has 0 radical (unpaired) electrons. The summed E-state index contributed by atoms with van der Waals surface area (Å²) >= 11 is 0. The molecule has 1 aliphatic heterocycles. The number of aryl methyl sites for hydroxylation is 1. The topological polar surface area (TPSA) is 71.3 Å². The lowest BCUT2D eigenvalue weighted by molar-refractivity contribution is 0.254. The van der Waals surface area contributed by atoms with Crippen LogP contribution in [-0.4, -0.2) is 59.0 Å². The molecular weight excluding hydrogens is 350 g/mol. The van der Waals surface area contributed by atoms with Crippen molar-refractivity contribution in [3.05, 3.63) is 36.2 Å². The standard InChI is InChI=1S/C18H27N5O2S/c1-4-23-17(9-11-20-23)18-16(8-5-10-19-18)13-15-7-6-12-22(14-15)26(24,25)21(2)3/h5,8-11,15H,4,6-7,12-14H2,1-3H3. The van der Waals surface area contributed by atoms with Gasteiger partial charge in [-0.2, -0.15) is 22.1 Å². The third-order valence-electron chi connectivity index (χ3n) is 4.93. The zero-order valence-corrected chi connectivity index (χ0v) is 16.5. The smallest absolute Gasteiger partial charge is 0.264 e. The van der Waals surface area contributed by atoms with E-state index in [9.17, 15) is 8.42 Å². The van der Waals surface area contributed by atoms with E-state index in [1.54, 1.807) is 30.8 Å². The fourth-order valence-electron chi connectivity index (χ4n) is 3.56. The Morgan fingerprint density at radius 1 is 1.27 bits per heavy atom. The lowest BCUT2D eigenvalue weighted by atomic mass is 9.91. The van der Waals surface area contributed by atoms with Crippen molar-refractivity contribution in [2.45, 2.75) is 32.7 Å². The van der Waals surface area contributed by atoms with Gasteiger partial charge in [0.2, 0.25) is 0 Å². The molecule has 0 aliphatic carbocycles. The zero-order chi connectivity index (χ0) is 18.7. The molecule has 2 aromatic heterocycles. The summed E-state index contributed by atoms with van der Waals surface area (Å²) in [6, 6.07) is 6.02. The highest BCUT2D eigenvalue weighted by atomic mass is 32.2. The molecule has 0 N–H and O–H groups in total. The maximum atomic E-state index is 12.4. The van der Waals surface area contributed by atoms with Gasteiger partial charge in [-0.25, -0.2) is 0 Å². The van der Waals surface area contributed by atoms with E-state index in [4.69, 9.17) is 0 Å². The van der Waals surface area contributed by atoms with Crippen molar-refractivity contribution in [2.24, 2.45) is 5.92 Å². The average molecular weight is 378 g/mol. The molecule has 1 unspecified atom stereocenters. The summed E-state index contributed by atoms with van der Waals surface area (Å²) < 4.78 is 29.7. The first kappa shape index (κ1) is 19.0. The van der Waals surface area contributed by atoms with Gasteiger partial charge in [0, 0.05) is 46.1 Å². The highest BCUT2D eigenvalue weighted by Gasteiger charge is 2.30. The number of rotatable bonds is 6. The van der Waals surface area contributed by atoms with Crippen LogP contribution in [0.4, 0.5) is 0 Å². The lowest BCUT2D eigenvalue weighted by Crippen LogP contribution is -2.45. The van der Waals surface area contributed by atoms with Crippen molar-refractivity contribution in [3.63, 3.8) is 0 Å². The third-order valence-corrected chi connectivity index (χ3v) is 6.84. The van der Waals surface area contributed by atoms with E-state index in [1.807, 2.05) is 16.8 Å². The minimum Gasteiger partial charge on any atom is -0.264 e. The Labute approximate surface area is 155 Å². The Morgan fingerprint density at radius 2 is 2.08 bits per heavy atom. The van der Waals surface area contributed by atoms with E-state index < -0.39 is 10.2 Å². The molecule has 0 aromatic carbocycles. The van der Waals surface area contributed by atoms with Crippen LogP contribution in [0.5, 0.6) is 0 Å². The molecule has 2 aromatic rings. The third kappa shape index (κ3) is 3.82. The van der Waals surface area contributed by atoms with Crippen molar-refractivity contribution in [1.29, 1.82) is 0 Å². The summed E-state index contributed by atoms with van der Waals surface area (Å²) in [5.74, 6) is 0.291. The first-order valence-corrected chi connectivity index (χ1v) is 10.5. The van der Waals surface area contributed by atoms with Gasteiger partial charge < -0.3 is 0 Å². The molecule has 7 nitrogen and oxygen atoms in total. The molecule has 142 valence electrons. The maximum absolute atomic E-state index is 12.4. The molecular formula is C18H27N5O2S. The van der Waals surface area contributed by atoms with Gasteiger partial charge in [-0.15, -0.1) is 0 Å². The Morgan fingerprint density at radius 3 is 2.81 bits per heavy atom. The predicted molar refractivity (Wildman–Crippen MR) is 102 cm³/mol. The van der Waals surface area contributed by atoms with Crippen LogP contribution in [-0.2, 0) is 23.2 Å². The molecule has 1 aliphatic rings. The minimum atomic E-state index is -3.35. The van der Waals surface area contributed by atoms with Gasteiger partial charge >= 0.3 is 0 Å². The van der Waals surface area contributed by atoms with Gasteiger partial charge in [-0.3, -0.25) is 9.67 Å². The maximum Gasteiger partial charge on any atom is 0.281 e. The Bertz CT molecular complexity index is 847. The summed E-state index contributed by atoms with van der Waals surface area (Å²) in [7, 11) is -0.177. The van der Waals surface area contributed by atoms with Crippen molar-refractivity contribution >= 4 is 10.2 Å². The van der Waals surface area contributed by atoms with Gasteiger partial charge in [0.15, 0.2) is 0 Å². The van der Waals surface area contributed by atoms with Crippen LogP contribution in [0.2, 0.25) is 0 Å². The van der Waals surface area contributed by atoms with Gasteiger partial charge in [-0.1, -0.05) is 6.07 Å². The zero-order valence-electron chi connectivity index (χ0n) is 15.7. The highest BCUT2D eigenvalue weighted by Crippen LogP contribution is 2.28. The monoisotopic (exact) mass is 377 g/mol. The molecule has 0 spiro atoms. The number of hydrogen-bond acceptors (Lipinski definition) is 4. The normalized spacial score (nSPS) is 19.2. The lowest BCUT2D eigenvalue weighted by Gasteiger charge is -2.33.